The van der Waals surface area contributed by atoms with Crippen LogP contribution in [0.5, 0.6) is 5.75 Å². The Labute approximate surface area is 199 Å². The van der Waals surface area contributed by atoms with Crippen LogP contribution in [0.3, 0.4) is 0 Å². The van der Waals surface area contributed by atoms with E-state index in [-0.39, 0.29) is 17.7 Å². The molecule has 0 aliphatic carbocycles. The van der Waals surface area contributed by atoms with E-state index in [4.69, 9.17) is 25.8 Å². The molecule has 0 amide bonds. The van der Waals surface area contributed by atoms with Gasteiger partial charge in [-0.2, -0.15) is 0 Å². The minimum absolute atomic E-state index is 0.152. The highest BCUT2D eigenvalue weighted by atomic mass is 35.5. The SMILES string of the molecule is CCOC(=O)c1c(C(=O)OC(C)(C)C)c(-c2ccc(Cl)cc2)n(-c2ccc(OC)cc2)c1C. The van der Waals surface area contributed by atoms with Crippen molar-refractivity contribution in [2.24, 2.45) is 0 Å². The Bertz CT molecular complexity index is 1160. The van der Waals surface area contributed by atoms with Gasteiger partial charge in [0.15, 0.2) is 0 Å². The molecule has 0 saturated carbocycles. The summed E-state index contributed by atoms with van der Waals surface area (Å²) in [5.74, 6) is -0.501. The quantitative estimate of drug-likeness (QED) is 0.399. The predicted octanol–water partition coefficient (Wildman–Crippen LogP) is 6.25. The van der Waals surface area contributed by atoms with Crippen molar-refractivity contribution < 1.29 is 23.8 Å². The summed E-state index contributed by atoms with van der Waals surface area (Å²) in [6.07, 6.45) is 0. The number of carbonyl (C=O) groups excluding carboxylic acids is 2. The highest BCUT2D eigenvalue weighted by molar-refractivity contribution is 6.30. The van der Waals surface area contributed by atoms with Crippen molar-refractivity contribution in [2.75, 3.05) is 13.7 Å². The first-order chi connectivity index (χ1) is 15.6. The van der Waals surface area contributed by atoms with E-state index >= 15 is 0 Å². The Balaban J connectivity index is 2.39. The van der Waals surface area contributed by atoms with Crippen molar-refractivity contribution >= 4 is 23.5 Å². The fourth-order valence-electron chi connectivity index (χ4n) is 3.61. The average Bonchev–Trinajstić information content (AvgIpc) is 3.06. The van der Waals surface area contributed by atoms with Gasteiger partial charge in [0.05, 0.1) is 25.0 Å². The van der Waals surface area contributed by atoms with Gasteiger partial charge in [0.1, 0.15) is 16.9 Å². The van der Waals surface area contributed by atoms with Crippen LogP contribution in [0.25, 0.3) is 16.9 Å². The van der Waals surface area contributed by atoms with Gasteiger partial charge in [-0.15, -0.1) is 0 Å². The Kier molecular flexibility index (Phi) is 7.18. The van der Waals surface area contributed by atoms with Crippen molar-refractivity contribution in [1.29, 1.82) is 0 Å². The number of halogens is 1. The fourth-order valence-corrected chi connectivity index (χ4v) is 3.73. The Morgan fingerprint density at radius 1 is 0.939 bits per heavy atom. The molecule has 0 aliphatic heterocycles. The molecular weight excluding hydrogens is 442 g/mol. The summed E-state index contributed by atoms with van der Waals surface area (Å²) in [5, 5.41) is 0.558. The summed E-state index contributed by atoms with van der Waals surface area (Å²) >= 11 is 6.12. The zero-order valence-corrected chi connectivity index (χ0v) is 20.4. The molecule has 3 aromatic rings. The largest absolute Gasteiger partial charge is 0.497 e. The lowest BCUT2D eigenvalue weighted by molar-refractivity contribution is 0.00656. The van der Waals surface area contributed by atoms with Gasteiger partial charge in [0.25, 0.3) is 0 Å². The number of rotatable bonds is 6. The molecule has 0 N–H and O–H groups in total. The normalized spacial score (nSPS) is 11.2. The third-order valence-corrected chi connectivity index (χ3v) is 5.19. The number of nitrogens with zero attached hydrogens (tertiary/aromatic N) is 1. The van der Waals surface area contributed by atoms with Gasteiger partial charge in [-0.1, -0.05) is 23.7 Å². The molecule has 7 heteroatoms. The van der Waals surface area contributed by atoms with Gasteiger partial charge in [-0.25, -0.2) is 9.59 Å². The molecule has 0 unspecified atom stereocenters. The molecular formula is C26H28ClNO5. The minimum Gasteiger partial charge on any atom is -0.497 e. The average molecular weight is 470 g/mol. The van der Waals surface area contributed by atoms with Crippen LogP contribution in [0.15, 0.2) is 48.5 Å². The Hall–Kier alpha value is -3.25. The lowest BCUT2D eigenvalue weighted by atomic mass is 10.0. The van der Waals surface area contributed by atoms with Crippen LogP contribution in [-0.2, 0) is 9.47 Å². The number of hydrogen-bond donors (Lipinski definition) is 0. The smallest absolute Gasteiger partial charge is 0.341 e. The number of ether oxygens (including phenoxy) is 3. The molecule has 0 bridgehead atoms. The third-order valence-electron chi connectivity index (χ3n) is 4.94. The molecule has 33 heavy (non-hydrogen) atoms. The summed E-state index contributed by atoms with van der Waals surface area (Å²) in [6, 6.07) is 14.4. The van der Waals surface area contributed by atoms with Gasteiger partial charge in [-0.3, -0.25) is 0 Å². The maximum absolute atomic E-state index is 13.5. The van der Waals surface area contributed by atoms with Crippen LogP contribution in [0, 0.1) is 6.92 Å². The van der Waals surface area contributed by atoms with Crippen LogP contribution < -0.4 is 4.74 Å². The molecule has 1 aromatic heterocycles. The molecule has 1 heterocycles. The number of hydrogen-bond acceptors (Lipinski definition) is 5. The fraction of sp³-hybridized carbons (Fsp3) is 0.308. The van der Waals surface area contributed by atoms with Crippen LogP contribution >= 0.6 is 11.6 Å². The Morgan fingerprint density at radius 3 is 2.06 bits per heavy atom. The van der Waals surface area contributed by atoms with Gasteiger partial charge < -0.3 is 18.8 Å². The molecule has 0 saturated heterocycles. The van der Waals surface area contributed by atoms with Crippen molar-refractivity contribution in [3.05, 3.63) is 70.4 Å². The van der Waals surface area contributed by atoms with Gasteiger partial charge >= 0.3 is 11.9 Å². The molecule has 174 valence electrons. The first kappa shape index (κ1) is 24.4. The molecule has 6 nitrogen and oxygen atoms in total. The van der Waals surface area contributed by atoms with Crippen LogP contribution in [0.1, 0.15) is 54.1 Å². The van der Waals surface area contributed by atoms with E-state index in [2.05, 4.69) is 0 Å². The third kappa shape index (κ3) is 5.22. The van der Waals surface area contributed by atoms with Crippen molar-refractivity contribution in [1.82, 2.24) is 4.57 Å². The zero-order chi connectivity index (χ0) is 24.3. The first-order valence-electron chi connectivity index (χ1n) is 10.6. The molecule has 3 rings (SSSR count). The molecule has 0 fully saturated rings. The van der Waals surface area contributed by atoms with E-state index in [9.17, 15) is 9.59 Å². The van der Waals surface area contributed by atoms with Crippen molar-refractivity contribution in [2.45, 2.75) is 40.2 Å². The highest BCUT2D eigenvalue weighted by Gasteiger charge is 2.34. The van der Waals surface area contributed by atoms with Crippen LogP contribution in [-0.4, -0.2) is 35.8 Å². The number of esters is 2. The van der Waals surface area contributed by atoms with E-state index < -0.39 is 17.5 Å². The standard InChI is InChI=1S/C26H28ClNO5/c1-7-32-24(29)21-16(2)28(19-12-14-20(31-6)15-13-19)23(17-8-10-18(27)11-9-17)22(21)25(30)33-26(3,4)5/h8-15H,7H2,1-6H3. The van der Waals surface area contributed by atoms with E-state index in [1.54, 1.807) is 66.0 Å². The van der Waals surface area contributed by atoms with Gasteiger partial charge in [0, 0.05) is 16.4 Å². The number of methoxy groups -OCH3 is 1. The van der Waals surface area contributed by atoms with E-state index in [0.717, 1.165) is 5.69 Å². The van der Waals surface area contributed by atoms with Crippen molar-refractivity contribution in [3.8, 4) is 22.7 Å². The molecule has 2 aromatic carbocycles. The van der Waals surface area contributed by atoms with E-state index in [0.29, 0.717) is 27.7 Å². The van der Waals surface area contributed by atoms with Crippen LogP contribution in [0.2, 0.25) is 5.02 Å². The zero-order valence-electron chi connectivity index (χ0n) is 19.7. The van der Waals surface area contributed by atoms with Gasteiger partial charge in [-0.05, 0) is 76.6 Å². The lowest BCUT2D eigenvalue weighted by Crippen LogP contribution is -2.25. The summed E-state index contributed by atoms with van der Waals surface area (Å²) in [4.78, 5) is 26.5. The summed E-state index contributed by atoms with van der Waals surface area (Å²) < 4.78 is 18.2. The number of aromatic nitrogens is 1. The maximum atomic E-state index is 13.5. The summed E-state index contributed by atoms with van der Waals surface area (Å²) in [5.41, 5.74) is 2.10. The first-order valence-corrected chi connectivity index (χ1v) is 11.0. The molecule has 0 atom stereocenters. The number of benzene rings is 2. The van der Waals surface area contributed by atoms with E-state index in [1.165, 1.54) is 0 Å². The summed E-state index contributed by atoms with van der Waals surface area (Å²) in [6.45, 7) is 9.03. The second kappa shape index (κ2) is 9.71. The molecule has 0 spiro atoms. The van der Waals surface area contributed by atoms with E-state index in [1.807, 2.05) is 28.8 Å². The van der Waals surface area contributed by atoms with Crippen LogP contribution in [0.4, 0.5) is 0 Å². The summed E-state index contributed by atoms with van der Waals surface area (Å²) in [7, 11) is 1.59. The second-order valence-electron chi connectivity index (χ2n) is 8.45. The maximum Gasteiger partial charge on any atom is 0.341 e. The second-order valence-corrected chi connectivity index (χ2v) is 8.88. The highest BCUT2D eigenvalue weighted by Crippen LogP contribution is 2.37. The minimum atomic E-state index is -0.754. The monoisotopic (exact) mass is 469 g/mol. The molecule has 0 radical (unpaired) electrons. The lowest BCUT2D eigenvalue weighted by Gasteiger charge is -2.20. The predicted molar refractivity (Wildman–Crippen MR) is 129 cm³/mol. The van der Waals surface area contributed by atoms with Gasteiger partial charge in [0.2, 0.25) is 0 Å². The Morgan fingerprint density at radius 2 is 1.55 bits per heavy atom. The topological polar surface area (TPSA) is 66.8 Å². The van der Waals surface area contributed by atoms with Crippen molar-refractivity contribution in [3.63, 3.8) is 0 Å². The number of carbonyl (C=O) groups is 2. The molecule has 0 aliphatic rings.